The van der Waals surface area contributed by atoms with Crippen LogP contribution in [0.1, 0.15) is 15.9 Å². The van der Waals surface area contributed by atoms with Gasteiger partial charge in [0, 0.05) is 12.1 Å². The fourth-order valence-corrected chi connectivity index (χ4v) is 1.88. The topological polar surface area (TPSA) is 38.3 Å². The molecule has 0 aliphatic rings. The van der Waals surface area contributed by atoms with Crippen molar-refractivity contribution in [1.29, 1.82) is 0 Å². The van der Waals surface area contributed by atoms with Gasteiger partial charge < -0.3 is 10.1 Å². The van der Waals surface area contributed by atoms with E-state index in [9.17, 15) is 18.0 Å². The molecular weight excluding hydrogens is 295 g/mol. The average molecular weight is 309 g/mol. The quantitative estimate of drug-likeness (QED) is 0.917. The fourth-order valence-electron chi connectivity index (χ4n) is 1.88. The van der Waals surface area contributed by atoms with Crippen molar-refractivity contribution in [3.63, 3.8) is 0 Å². The van der Waals surface area contributed by atoms with Crippen LogP contribution in [-0.2, 0) is 6.42 Å². The van der Waals surface area contributed by atoms with E-state index in [1.165, 1.54) is 12.1 Å². The summed E-state index contributed by atoms with van der Waals surface area (Å²) in [6.07, 6.45) is -4.05. The van der Waals surface area contributed by atoms with E-state index in [0.29, 0.717) is 13.0 Å². The summed E-state index contributed by atoms with van der Waals surface area (Å²) in [6.45, 7) is 0.448. The van der Waals surface area contributed by atoms with Crippen LogP contribution < -0.4 is 10.1 Å². The van der Waals surface area contributed by atoms with Gasteiger partial charge in [-0.15, -0.1) is 13.2 Å². The number of alkyl halides is 3. The molecule has 6 heteroatoms. The molecule has 2 rings (SSSR count). The summed E-state index contributed by atoms with van der Waals surface area (Å²) in [4.78, 5) is 11.9. The maximum Gasteiger partial charge on any atom is 0.573 e. The third-order valence-corrected chi connectivity index (χ3v) is 2.89. The van der Waals surface area contributed by atoms with Gasteiger partial charge in [0.05, 0.1) is 0 Å². The molecule has 22 heavy (non-hydrogen) atoms. The summed E-state index contributed by atoms with van der Waals surface area (Å²) in [5.74, 6) is -0.692. The molecule has 0 aliphatic heterocycles. The highest BCUT2D eigenvalue weighted by molar-refractivity contribution is 5.94. The van der Waals surface area contributed by atoms with Gasteiger partial charge in [-0.3, -0.25) is 4.79 Å². The van der Waals surface area contributed by atoms with E-state index < -0.39 is 6.36 Å². The molecule has 0 saturated carbocycles. The van der Waals surface area contributed by atoms with E-state index in [-0.39, 0.29) is 17.2 Å². The van der Waals surface area contributed by atoms with Gasteiger partial charge in [0.25, 0.3) is 5.91 Å². The van der Waals surface area contributed by atoms with Gasteiger partial charge in [0.15, 0.2) is 0 Å². The van der Waals surface area contributed by atoms with E-state index >= 15 is 0 Å². The van der Waals surface area contributed by atoms with Crippen molar-refractivity contribution in [1.82, 2.24) is 5.32 Å². The van der Waals surface area contributed by atoms with Gasteiger partial charge in [0.1, 0.15) is 5.75 Å². The van der Waals surface area contributed by atoms with Crippen molar-refractivity contribution in [2.24, 2.45) is 0 Å². The fraction of sp³-hybridized carbons (Fsp3) is 0.188. The Balaban J connectivity index is 1.85. The molecule has 0 saturated heterocycles. The zero-order chi connectivity index (χ0) is 16.0. The highest BCUT2D eigenvalue weighted by Gasteiger charge is 2.31. The van der Waals surface area contributed by atoms with Gasteiger partial charge in [-0.05, 0) is 36.2 Å². The van der Waals surface area contributed by atoms with Crippen molar-refractivity contribution in [2.75, 3.05) is 6.54 Å². The Morgan fingerprint density at radius 2 is 1.64 bits per heavy atom. The molecule has 0 aliphatic carbocycles. The van der Waals surface area contributed by atoms with Gasteiger partial charge in [0.2, 0.25) is 0 Å². The van der Waals surface area contributed by atoms with Crippen LogP contribution in [0.2, 0.25) is 0 Å². The number of carbonyl (C=O) groups is 1. The Morgan fingerprint density at radius 3 is 2.23 bits per heavy atom. The number of carbonyl (C=O) groups excluding carboxylic acids is 1. The highest BCUT2D eigenvalue weighted by Crippen LogP contribution is 2.22. The minimum absolute atomic E-state index is 0.280. The third kappa shape index (κ3) is 5.12. The summed E-state index contributed by atoms with van der Waals surface area (Å²) >= 11 is 0. The molecule has 2 aromatic rings. The second kappa shape index (κ2) is 6.98. The number of amides is 1. The molecule has 2 aromatic carbocycles. The van der Waals surface area contributed by atoms with Gasteiger partial charge in [-0.25, -0.2) is 0 Å². The van der Waals surface area contributed by atoms with Crippen LogP contribution in [0, 0.1) is 0 Å². The SMILES string of the molecule is O=C(NCCc1ccccc1)c1ccc(OC(F)(F)F)cc1. The third-order valence-electron chi connectivity index (χ3n) is 2.89. The van der Waals surface area contributed by atoms with E-state index in [2.05, 4.69) is 10.1 Å². The van der Waals surface area contributed by atoms with E-state index in [1.54, 1.807) is 0 Å². The highest BCUT2D eigenvalue weighted by atomic mass is 19.4. The van der Waals surface area contributed by atoms with Gasteiger partial charge >= 0.3 is 6.36 Å². The molecule has 0 unspecified atom stereocenters. The average Bonchev–Trinajstić information content (AvgIpc) is 2.47. The second-order valence-electron chi connectivity index (χ2n) is 4.56. The lowest BCUT2D eigenvalue weighted by Gasteiger charge is -2.09. The summed E-state index contributed by atoms with van der Waals surface area (Å²) in [6, 6.07) is 14.4. The van der Waals surface area contributed by atoms with Crippen LogP contribution >= 0.6 is 0 Å². The predicted octanol–water partition coefficient (Wildman–Crippen LogP) is 3.56. The standard InChI is InChI=1S/C16H14F3NO2/c17-16(18,19)22-14-8-6-13(7-9-14)15(21)20-11-10-12-4-2-1-3-5-12/h1-9H,10-11H2,(H,20,21). The minimum atomic E-state index is -4.74. The molecule has 0 spiro atoms. The molecule has 0 aromatic heterocycles. The monoisotopic (exact) mass is 309 g/mol. The van der Waals surface area contributed by atoms with Gasteiger partial charge in [-0.2, -0.15) is 0 Å². The molecule has 116 valence electrons. The maximum absolute atomic E-state index is 12.0. The lowest BCUT2D eigenvalue weighted by Crippen LogP contribution is -2.25. The van der Waals surface area contributed by atoms with Crippen molar-refractivity contribution in [3.8, 4) is 5.75 Å². The molecule has 1 N–H and O–H groups in total. The van der Waals surface area contributed by atoms with Crippen LogP contribution in [-0.4, -0.2) is 18.8 Å². The Bertz CT molecular complexity index is 610. The van der Waals surface area contributed by atoms with E-state index in [0.717, 1.165) is 17.7 Å². The number of nitrogens with one attached hydrogen (secondary N) is 1. The molecule has 1 amide bonds. The zero-order valence-corrected chi connectivity index (χ0v) is 11.6. The minimum Gasteiger partial charge on any atom is -0.406 e. The summed E-state index contributed by atoms with van der Waals surface area (Å²) in [5.41, 5.74) is 1.37. The number of benzene rings is 2. The molecule has 0 fully saturated rings. The van der Waals surface area contributed by atoms with Gasteiger partial charge in [-0.1, -0.05) is 30.3 Å². The predicted molar refractivity (Wildman–Crippen MR) is 75.6 cm³/mol. The Morgan fingerprint density at radius 1 is 1.00 bits per heavy atom. The number of rotatable bonds is 5. The summed E-state index contributed by atoms with van der Waals surface area (Å²) < 4.78 is 39.8. The maximum atomic E-state index is 12.0. The lowest BCUT2D eigenvalue weighted by atomic mass is 10.1. The van der Waals surface area contributed by atoms with Crippen LogP contribution in [0.15, 0.2) is 54.6 Å². The molecule has 3 nitrogen and oxygen atoms in total. The molecule has 0 bridgehead atoms. The Labute approximate surface area is 125 Å². The summed E-state index contributed by atoms with van der Waals surface area (Å²) in [5, 5.41) is 2.71. The Hall–Kier alpha value is -2.50. The first-order valence-corrected chi connectivity index (χ1v) is 6.62. The Kier molecular flexibility index (Phi) is 5.04. The lowest BCUT2D eigenvalue weighted by molar-refractivity contribution is -0.274. The van der Waals surface area contributed by atoms with Crippen molar-refractivity contribution >= 4 is 5.91 Å². The van der Waals surface area contributed by atoms with Crippen LogP contribution in [0.5, 0.6) is 5.75 Å². The van der Waals surface area contributed by atoms with Crippen molar-refractivity contribution in [2.45, 2.75) is 12.8 Å². The first-order chi connectivity index (χ1) is 10.4. The van der Waals surface area contributed by atoms with Crippen molar-refractivity contribution in [3.05, 3.63) is 65.7 Å². The molecule has 0 heterocycles. The van der Waals surface area contributed by atoms with Crippen molar-refractivity contribution < 1.29 is 22.7 Å². The number of hydrogen-bond acceptors (Lipinski definition) is 2. The first-order valence-electron chi connectivity index (χ1n) is 6.62. The molecule has 0 atom stereocenters. The van der Waals surface area contributed by atoms with E-state index in [1.807, 2.05) is 30.3 Å². The van der Waals surface area contributed by atoms with Crippen LogP contribution in [0.4, 0.5) is 13.2 Å². The smallest absolute Gasteiger partial charge is 0.406 e. The molecular formula is C16H14F3NO2. The first kappa shape index (κ1) is 15.9. The summed E-state index contributed by atoms with van der Waals surface area (Å²) in [7, 11) is 0. The van der Waals surface area contributed by atoms with Crippen LogP contribution in [0.25, 0.3) is 0 Å². The van der Waals surface area contributed by atoms with Crippen LogP contribution in [0.3, 0.4) is 0 Å². The number of ether oxygens (including phenoxy) is 1. The zero-order valence-electron chi connectivity index (χ0n) is 11.6. The largest absolute Gasteiger partial charge is 0.573 e. The normalized spacial score (nSPS) is 11.0. The number of hydrogen-bond donors (Lipinski definition) is 1. The van der Waals surface area contributed by atoms with E-state index in [4.69, 9.17) is 0 Å². The second-order valence-corrected chi connectivity index (χ2v) is 4.56. The number of halogens is 3. The molecule has 0 radical (unpaired) electrons.